The topological polar surface area (TPSA) is 68.5 Å². The van der Waals surface area contributed by atoms with Gasteiger partial charge < -0.3 is 19.1 Å². The van der Waals surface area contributed by atoms with E-state index in [1.807, 2.05) is 24.3 Å². The molecule has 0 radical (unpaired) electrons. The molecule has 0 atom stereocenters. The molecule has 0 aliphatic carbocycles. The van der Waals surface area contributed by atoms with E-state index in [0.717, 1.165) is 57.1 Å². The molecule has 0 spiro atoms. The Labute approximate surface area is 188 Å². The van der Waals surface area contributed by atoms with Crippen LogP contribution in [0.5, 0.6) is 11.5 Å². The van der Waals surface area contributed by atoms with Crippen molar-refractivity contribution in [1.29, 1.82) is 0 Å². The van der Waals surface area contributed by atoms with Crippen LogP contribution in [0.25, 0.3) is 5.52 Å². The third kappa shape index (κ3) is 4.96. The highest BCUT2D eigenvalue weighted by Crippen LogP contribution is 2.28. The van der Waals surface area contributed by atoms with Crippen molar-refractivity contribution in [3.8, 4) is 11.5 Å². The fraction of sp³-hybridized carbons (Fsp3) is 0.417. The number of unbranched alkanes of at least 4 members (excludes halogenated alkanes) is 1. The monoisotopic (exact) mass is 438 g/mol. The Morgan fingerprint density at radius 1 is 1.06 bits per heavy atom. The molecular formula is C24H30N4O4. The molecule has 0 bridgehead atoms. The number of benzene rings is 1. The lowest BCUT2D eigenvalue weighted by molar-refractivity contribution is 0.0603. The number of fused-ring (bicyclic) bond motifs is 1. The number of aromatic nitrogens is 2. The molecule has 32 heavy (non-hydrogen) atoms. The highest BCUT2D eigenvalue weighted by atomic mass is 16.5. The molecule has 0 amide bonds. The number of nitrogens with zero attached hydrogens (tertiary/aromatic N) is 4. The maximum absolute atomic E-state index is 11.9. The molecule has 3 aromatic rings. The first kappa shape index (κ1) is 22.0. The molecule has 1 saturated heterocycles. The standard InChI is InChI=1S/C24H30N4O4/c1-30-23-8-4-3-7-21(23)27-14-12-26(13-15-27)10-5-6-16-32-19-9-11-28-22(17-19)20(18-25-28)24(29)31-2/h3-4,7-9,11,17-18H,5-6,10,12-16H2,1-2H3. The van der Waals surface area contributed by atoms with Crippen LogP contribution in [0.2, 0.25) is 0 Å². The molecule has 1 fully saturated rings. The van der Waals surface area contributed by atoms with Crippen molar-refractivity contribution in [3.05, 3.63) is 54.4 Å². The molecule has 4 rings (SSSR count). The van der Waals surface area contributed by atoms with E-state index in [4.69, 9.17) is 14.2 Å². The smallest absolute Gasteiger partial charge is 0.341 e. The van der Waals surface area contributed by atoms with Crippen LogP contribution in [0.15, 0.2) is 48.8 Å². The van der Waals surface area contributed by atoms with Crippen LogP contribution in [-0.2, 0) is 4.74 Å². The van der Waals surface area contributed by atoms with E-state index >= 15 is 0 Å². The minimum Gasteiger partial charge on any atom is -0.495 e. The maximum Gasteiger partial charge on any atom is 0.341 e. The summed E-state index contributed by atoms with van der Waals surface area (Å²) >= 11 is 0. The number of esters is 1. The Kier molecular flexibility index (Phi) is 7.11. The van der Waals surface area contributed by atoms with Gasteiger partial charge >= 0.3 is 5.97 Å². The minimum atomic E-state index is -0.400. The van der Waals surface area contributed by atoms with Crippen LogP contribution in [0, 0.1) is 0 Å². The van der Waals surface area contributed by atoms with E-state index in [1.165, 1.54) is 19.0 Å². The summed E-state index contributed by atoms with van der Waals surface area (Å²) in [6.07, 6.45) is 5.36. The molecule has 8 nitrogen and oxygen atoms in total. The summed E-state index contributed by atoms with van der Waals surface area (Å²) in [6, 6.07) is 11.9. The third-order valence-electron chi connectivity index (χ3n) is 5.83. The zero-order chi connectivity index (χ0) is 22.3. The van der Waals surface area contributed by atoms with Crippen LogP contribution in [0.1, 0.15) is 23.2 Å². The fourth-order valence-corrected chi connectivity index (χ4v) is 4.05. The van der Waals surface area contributed by atoms with E-state index in [9.17, 15) is 4.79 Å². The van der Waals surface area contributed by atoms with Gasteiger partial charge in [0.1, 0.15) is 17.1 Å². The molecule has 170 valence electrons. The average Bonchev–Trinajstić information content (AvgIpc) is 3.27. The fourth-order valence-electron chi connectivity index (χ4n) is 4.05. The number of para-hydroxylation sites is 2. The number of ether oxygens (including phenoxy) is 3. The van der Waals surface area contributed by atoms with Gasteiger partial charge in [-0.3, -0.25) is 4.90 Å². The van der Waals surface area contributed by atoms with E-state index in [2.05, 4.69) is 27.0 Å². The van der Waals surface area contributed by atoms with Crippen molar-refractivity contribution in [2.45, 2.75) is 12.8 Å². The molecule has 1 aromatic carbocycles. The number of hydrogen-bond acceptors (Lipinski definition) is 7. The van der Waals surface area contributed by atoms with Gasteiger partial charge in [0.05, 0.1) is 38.2 Å². The van der Waals surface area contributed by atoms with Gasteiger partial charge in [-0.05, 0) is 37.6 Å². The van der Waals surface area contributed by atoms with E-state index < -0.39 is 5.97 Å². The zero-order valence-corrected chi connectivity index (χ0v) is 18.7. The highest BCUT2D eigenvalue weighted by molar-refractivity contribution is 5.96. The first-order chi connectivity index (χ1) is 15.7. The number of methoxy groups -OCH3 is 2. The van der Waals surface area contributed by atoms with Crippen molar-refractivity contribution in [2.24, 2.45) is 0 Å². The second-order valence-electron chi connectivity index (χ2n) is 7.80. The second kappa shape index (κ2) is 10.4. The molecule has 3 heterocycles. The predicted octanol–water partition coefficient (Wildman–Crippen LogP) is 3.11. The van der Waals surface area contributed by atoms with Crippen molar-refractivity contribution in [2.75, 3.05) is 58.5 Å². The van der Waals surface area contributed by atoms with E-state index in [0.29, 0.717) is 17.7 Å². The van der Waals surface area contributed by atoms with Crippen molar-refractivity contribution >= 4 is 17.2 Å². The number of piperazine rings is 1. The lowest BCUT2D eigenvalue weighted by Crippen LogP contribution is -2.46. The number of anilines is 1. The predicted molar refractivity (Wildman–Crippen MR) is 123 cm³/mol. The molecule has 2 aromatic heterocycles. The van der Waals surface area contributed by atoms with Crippen molar-refractivity contribution < 1.29 is 19.0 Å². The summed E-state index contributed by atoms with van der Waals surface area (Å²) in [7, 11) is 3.09. The Bertz CT molecular complexity index is 1040. The summed E-state index contributed by atoms with van der Waals surface area (Å²) in [4.78, 5) is 16.8. The van der Waals surface area contributed by atoms with Crippen LogP contribution < -0.4 is 14.4 Å². The number of pyridine rings is 1. The number of rotatable bonds is 9. The van der Waals surface area contributed by atoms with Gasteiger partial charge in [-0.2, -0.15) is 5.10 Å². The van der Waals surface area contributed by atoms with Gasteiger partial charge in [-0.1, -0.05) is 12.1 Å². The van der Waals surface area contributed by atoms with Gasteiger partial charge in [0.15, 0.2) is 0 Å². The Morgan fingerprint density at radius 2 is 1.88 bits per heavy atom. The lowest BCUT2D eigenvalue weighted by Gasteiger charge is -2.36. The summed E-state index contributed by atoms with van der Waals surface area (Å²) in [5, 5.41) is 4.17. The van der Waals surface area contributed by atoms with Gasteiger partial charge in [-0.15, -0.1) is 0 Å². The SMILES string of the molecule is COC(=O)c1cnn2ccc(OCCCCN3CCN(c4ccccc4OC)CC3)cc12. The van der Waals surface area contributed by atoms with Crippen LogP contribution >= 0.6 is 0 Å². The lowest BCUT2D eigenvalue weighted by atomic mass is 10.2. The third-order valence-corrected chi connectivity index (χ3v) is 5.83. The Morgan fingerprint density at radius 3 is 2.66 bits per heavy atom. The minimum absolute atomic E-state index is 0.400. The average molecular weight is 439 g/mol. The zero-order valence-electron chi connectivity index (χ0n) is 18.7. The van der Waals surface area contributed by atoms with Gasteiger partial charge in [0.25, 0.3) is 0 Å². The second-order valence-corrected chi connectivity index (χ2v) is 7.80. The first-order valence-electron chi connectivity index (χ1n) is 11.0. The summed E-state index contributed by atoms with van der Waals surface area (Å²) in [5.74, 6) is 1.27. The Balaban J connectivity index is 1.19. The molecule has 0 N–H and O–H groups in total. The van der Waals surface area contributed by atoms with Crippen molar-refractivity contribution in [3.63, 3.8) is 0 Å². The number of carbonyl (C=O) groups excluding carboxylic acids is 1. The Hall–Kier alpha value is -3.26. The molecular weight excluding hydrogens is 408 g/mol. The first-order valence-corrected chi connectivity index (χ1v) is 11.0. The van der Waals surface area contributed by atoms with Gasteiger partial charge in [-0.25, -0.2) is 9.31 Å². The summed E-state index contributed by atoms with van der Waals surface area (Å²) < 4.78 is 17.9. The summed E-state index contributed by atoms with van der Waals surface area (Å²) in [6.45, 7) is 5.81. The van der Waals surface area contributed by atoms with E-state index in [1.54, 1.807) is 17.8 Å². The van der Waals surface area contributed by atoms with Crippen LogP contribution in [0.4, 0.5) is 5.69 Å². The van der Waals surface area contributed by atoms with E-state index in [-0.39, 0.29) is 0 Å². The molecule has 8 heteroatoms. The highest BCUT2D eigenvalue weighted by Gasteiger charge is 2.19. The molecule has 0 saturated carbocycles. The number of hydrogen-bond donors (Lipinski definition) is 0. The van der Waals surface area contributed by atoms with Gasteiger partial charge in [0.2, 0.25) is 0 Å². The maximum atomic E-state index is 11.9. The largest absolute Gasteiger partial charge is 0.495 e. The normalized spacial score (nSPS) is 14.5. The summed E-state index contributed by atoms with van der Waals surface area (Å²) in [5.41, 5.74) is 2.29. The van der Waals surface area contributed by atoms with Gasteiger partial charge in [0, 0.05) is 38.4 Å². The van der Waals surface area contributed by atoms with Crippen LogP contribution in [0.3, 0.4) is 0 Å². The van der Waals surface area contributed by atoms with Crippen LogP contribution in [-0.4, -0.2) is 74.0 Å². The molecule has 1 aliphatic heterocycles. The molecule has 0 unspecified atom stereocenters. The number of carbonyl (C=O) groups is 1. The quantitative estimate of drug-likeness (QED) is 0.376. The van der Waals surface area contributed by atoms with Crippen molar-refractivity contribution in [1.82, 2.24) is 14.5 Å². The molecule has 1 aliphatic rings.